The van der Waals surface area contributed by atoms with Gasteiger partial charge in [-0.2, -0.15) is 0 Å². The third kappa shape index (κ3) is 5.95. The zero-order valence-electron chi connectivity index (χ0n) is 13.3. The molecule has 0 radical (unpaired) electrons. The summed E-state index contributed by atoms with van der Waals surface area (Å²) in [5, 5.41) is 2.94. The lowest BCUT2D eigenvalue weighted by Gasteiger charge is -2.14. The molecule has 0 bridgehead atoms. The SMILES string of the molecule is Cc1ccc(CNC(=O)CCCCCN2C(=O)CSC2=S)cc1. The molecular formula is C17H22N2O2S2. The van der Waals surface area contributed by atoms with Crippen LogP contribution in [0.5, 0.6) is 0 Å². The van der Waals surface area contributed by atoms with Gasteiger partial charge in [0, 0.05) is 19.5 Å². The number of carbonyl (C=O) groups is 2. The number of aryl methyl sites for hydroxylation is 1. The second-order valence-electron chi connectivity index (χ2n) is 5.67. The van der Waals surface area contributed by atoms with Gasteiger partial charge in [0.1, 0.15) is 4.32 Å². The van der Waals surface area contributed by atoms with Gasteiger partial charge in [0.05, 0.1) is 5.75 Å². The number of unbranched alkanes of at least 4 members (excludes halogenated alkanes) is 2. The van der Waals surface area contributed by atoms with Crippen LogP contribution in [0.1, 0.15) is 36.8 Å². The van der Waals surface area contributed by atoms with Gasteiger partial charge < -0.3 is 5.32 Å². The van der Waals surface area contributed by atoms with E-state index in [1.165, 1.54) is 17.3 Å². The number of amides is 2. The molecule has 1 saturated heterocycles. The fourth-order valence-electron chi connectivity index (χ4n) is 2.32. The van der Waals surface area contributed by atoms with Gasteiger partial charge in [-0.1, -0.05) is 60.2 Å². The summed E-state index contributed by atoms with van der Waals surface area (Å²) in [4.78, 5) is 25.0. The first-order valence-corrected chi connectivity index (χ1v) is 9.25. The average Bonchev–Trinajstić information content (AvgIpc) is 2.85. The average molecular weight is 351 g/mol. The Morgan fingerprint density at radius 1 is 1.26 bits per heavy atom. The third-order valence-electron chi connectivity index (χ3n) is 3.74. The molecule has 0 aromatic heterocycles. The summed E-state index contributed by atoms with van der Waals surface area (Å²) in [7, 11) is 0. The monoisotopic (exact) mass is 350 g/mol. The summed E-state index contributed by atoms with van der Waals surface area (Å²) < 4.78 is 0.686. The number of carbonyl (C=O) groups excluding carboxylic acids is 2. The summed E-state index contributed by atoms with van der Waals surface area (Å²) >= 11 is 6.56. The van der Waals surface area contributed by atoms with Crippen molar-refractivity contribution in [3.63, 3.8) is 0 Å². The maximum atomic E-state index is 11.8. The van der Waals surface area contributed by atoms with E-state index in [1.807, 2.05) is 31.2 Å². The number of benzene rings is 1. The third-order valence-corrected chi connectivity index (χ3v) is 5.17. The van der Waals surface area contributed by atoms with Gasteiger partial charge >= 0.3 is 0 Å². The van der Waals surface area contributed by atoms with Gasteiger partial charge in [-0.05, 0) is 25.3 Å². The zero-order chi connectivity index (χ0) is 16.7. The fourth-order valence-corrected chi connectivity index (χ4v) is 3.45. The van der Waals surface area contributed by atoms with Crippen LogP contribution in [-0.4, -0.2) is 33.3 Å². The highest BCUT2D eigenvalue weighted by Gasteiger charge is 2.25. The number of rotatable bonds is 8. The molecule has 1 aromatic carbocycles. The highest BCUT2D eigenvalue weighted by atomic mass is 32.2. The Kier molecular flexibility index (Phi) is 7.05. The van der Waals surface area contributed by atoms with Crippen molar-refractivity contribution in [1.29, 1.82) is 0 Å². The van der Waals surface area contributed by atoms with Crippen LogP contribution in [0.25, 0.3) is 0 Å². The summed E-state index contributed by atoms with van der Waals surface area (Å²) in [5.41, 5.74) is 2.33. The van der Waals surface area contributed by atoms with E-state index in [9.17, 15) is 9.59 Å². The van der Waals surface area contributed by atoms with Crippen molar-refractivity contribution in [2.24, 2.45) is 0 Å². The highest BCUT2D eigenvalue weighted by Crippen LogP contribution is 2.19. The summed E-state index contributed by atoms with van der Waals surface area (Å²) in [6, 6.07) is 8.15. The summed E-state index contributed by atoms with van der Waals surface area (Å²) in [6.07, 6.45) is 3.17. The molecule has 124 valence electrons. The molecule has 2 amide bonds. The van der Waals surface area contributed by atoms with Crippen LogP contribution in [0.15, 0.2) is 24.3 Å². The van der Waals surface area contributed by atoms with Crippen molar-refractivity contribution in [3.8, 4) is 0 Å². The smallest absolute Gasteiger partial charge is 0.238 e. The molecule has 1 aliphatic rings. The van der Waals surface area contributed by atoms with E-state index in [-0.39, 0.29) is 11.8 Å². The van der Waals surface area contributed by atoms with Crippen LogP contribution in [0.3, 0.4) is 0 Å². The van der Waals surface area contributed by atoms with Crippen LogP contribution in [0, 0.1) is 6.92 Å². The van der Waals surface area contributed by atoms with E-state index in [4.69, 9.17) is 12.2 Å². The van der Waals surface area contributed by atoms with Gasteiger partial charge in [0.25, 0.3) is 0 Å². The maximum absolute atomic E-state index is 11.8. The van der Waals surface area contributed by atoms with Crippen molar-refractivity contribution in [3.05, 3.63) is 35.4 Å². The summed E-state index contributed by atoms with van der Waals surface area (Å²) in [6.45, 7) is 3.30. The van der Waals surface area contributed by atoms with E-state index in [1.54, 1.807) is 4.90 Å². The zero-order valence-corrected chi connectivity index (χ0v) is 15.0. The lowest BCUT2D eigenvalue weighted by Crippen LogP contribution is -2.29. The maximum Gasteiger partial charge on any atom is 0.238 e. The van der Waals surface area contributed by atoms with Crippen LogP contribution < -0.4 is 5.32 Å². The van der Waals surface area contributed by atoms with E-state index >= 15 is 0 Å². The van der Waals surface area contributed by atoms with Crippen LogP contribution in [-0.2, 0) is 16.1 Å². The Hall–Kier alpha value is -1.40. The number of nitrogens with one attached hydrogen (secondary N) is 1. The Balaban J connectivity index is 1.55. The number of thioether (sulfide) groups is 1. The molecule has 23 heavy (non-hydrogen) atoms. The van der Waals surface area contributed by atoms with E-state index in [0.29, 0.717) is 29.6 Å². The Labute approximate surface area is 147 Å². The highest BCUT2D eigenvalue weighted by molar-refractivity contribution is 8.23. The number of hydrogen-bond acceptors (Lipinski definition) is 4. The standard InChI is InChI=1S/C17H22N2O2S2/c1-13-6-8-14(9-7-13)11-18-15(20)5-3-2-4-10-19-16(21)12-23-17(19)22/h6-9H,2-5,10-12H2,1H3,(H,18,20). The minimum atomic E-state index is 0.0777. The second kappa shape index (κ2) is 9.03. The molecule has 1 heterocycles. The number of thiocarbonyl (C=S) groups is 1. The van der Waals surface area contributed by atoms with Gasteiger partial charge in [-0.3, -0.25) is 14.5 Å². The van der Waals surface area contributed by atoms with Gasteiger partial charge in [-0.15, -0.1) is 0 Å². The molecule has 1 aliphatic heterocycles. The first-order valence-electron chi connectivity index (χ1n) is 7.85. The number of hydrogen-bond donors (Lipinski definition) is 1. The van der Waals surface area contributed by atoms with E-state index in [2.05, 4.69) is 5.32 Å². The molecule has 0 spiro atoms. The molecule has 1 aromatic rings. The topological polar surface area (TPSA) is 49.4 Å². The lowest BCUT2D eigenvalue weighted by molar-refractivity contribution is -0.124. The summed E-state index contributed by atoms with van der Waals surface area (Å²) in [5.74, 6) is 0.657. The Morgan fingerprint density at radius 2 is 2.00 bits per heavy atom. The fraction of sp³-hybridized carbons (Fsp3) is 0.471. The van der Waals surface area contributed by atoms with Crippen LogP contribution in [0.4, 0.5) is 0 Å². The van der Waals surface area contributed by atoms with Crippen LogP contribution >= 0.6 is 24.0 Å². The van der Waals surface area contributed by atoms with Crippen molar-refractivity contribution in [1.82, 2.24) is 10.2 Å². The van der Waals surface area contributed by atoms with Crippen molar-refractivity contribution < 1.29 is 9.59 Å². The normalized spacial score (nSPS) is 14.4. The van der Waals surface area contributed by atoms with Crippen molar-refractivity contribution in [2.75, 3.05) is 12.3 Å². The van der Waals surface area contributed by atoms with Gasteiger partial charge in [0.2, 0.25) is 11.8 Å². The van der Waals surface area contributed by atoms with Crippen molar-refractivity contribution in [2.45, 2.75) is 39.2 Å². The van der Waals surface area contributed by atoms with E-state index in [0.717, 1.165) is 24.8 Å². The minimum absolute atomic E-state index is 0.0777. The molecule has 2 rings (SSSR count). The van der Waals surface area contributed by atoms with Gasteiger partial charge in [0.15, 0.2) is 0 Å². The molecule has 0 aliphatic carbocycles. The second-order valence-corrected chi connectivity index (χ2v) is 7.28. The van der Waals surface area contributed by atoms with E-state index < -0.39 is 0 Å². The molecule has 1 fully saturated rings. The first-order chi connectivity index (χ1) is 11.1. The number of nitrogens with zero attached hydrogens (tertiary/aromatic N) is 1. The predicted octanol–water partition coefficient (Wildman–Crippen LogP) is 3.03. The largest absolute Gasteiger partial charge is 0.352 e. The Morgan fingerprint density at radius 3 is 2.65 bits per heavy atom. The molecule has 0 saturated carbocycles. The minimum Gasteiger partial charge on any atom is -0.352 e. The lowest BCUT2D eigenvalue weighted by atomic mass is 10.1. The molecule has 4 nitrogen and oxygen atoms in total. The first kappa shape index (κ1) is 17.9. The molecule has 0 unspecified atom stereocenters. The predicted molar refractivity (Wildman–Crippen MR) is 98.3 cm³/mol. The van der Waals surface area contributed by atoms with Crippen molar-refractivity contribution >= 4 is 40.1 Å². The Bertz CT molecular complexity index is 556. The quantitative estimate of drug-likeness (QED) is 0.578. The molecule has 6 heteroatoms. The molecule has 1 N–H and O–H groups in total. The molecule has 0 atom stereocenters. The van der Waals surface area contributed by atoms with Crippen LogP contribution in [0.2, 0.25) is 0 Å². The van der Waals surface area contributed by atoms with Gasteiger partial charge in [-0.25, -0.2) is 0 Å². The molecular weight excluding hydrogens is 328 g/mol.